The molecule has 0 bridgehead atoms. The van der Waals surface area contributed by atoms with Crippen molar-refractivity contribution in [1.82, 2.24) is 4.90 Å². The van der Waals surface area contributed by atoms with Crippen LogP contribution in [0.25, 0.3) is 6.08 Å². The molecule has 0 spiro atoms. The number of carbonyl (C=O) groups excluding carboxylic acids is 1. The summed E-state index contributed by atoms with van der Waals surface area (Å²) in [5.74, 6) is 0.570. The molecule has 7 nitrogen and oxygen atoms in total. The van der Waals surface area contributed by atoms with Gasteiger partial charge in [0.15, 0.2) is 5.78 Å². The third-order valence-corrected chi connectivity index (χ3v) is 6.92. The van der Waals surface area contributed by atoms with Crippen LogP contribution in [0.2, 0.25) is 0 Å². The smallest absolute Gasteiger partial charge is 0.269 e. The van der Waals surface area contributed by atoms with Gasteiger partial charge in [-0.25, -0.2) is 0 Å². The first-order valence-electron chi connectivity index (χ1n) is 12.8. The Kier molecular flexibility index (Phi) is 7.96. The van der Waals surface area contributed by atoms with E-state index in [0.29, 0.717) is 17.9 Å². The number of carbonyl (C=O) groups is 1. The fourth-order valence-corrected chi connectivity index (χ4v) is 4.83. The van der Waals surface area contributed by atoms with Gasteiger partial charge in [-0.1, -0.05) is 54.9 Å². The molecule has 2 aromatic carbocycles. The first-order chi connectivity index (χ1) is 17.1. The van der Waals surface area contributed by atoms with E-state index in [4.69, 9.17) is 5.41 Å². The Balaban J connectivity index is 1.92. The Morgan fingerprint density at radius 1 is 1.11 bits per heavy atom. The minimum Gasteiger partial charge on any atom is -0.507 e. The van der Waals surface area contributed by atoms with Crippen molar-refractivity contribution in [1.29, 1.82) is 5.41 Å². The third kappa shape index (κ3) is 6.27. The Hall–Kier alpha value is -3.48. The maximum Gasteiger partial charge on any atom is 0.269 e. The van der Waals surface area contributed by atoms with Crippen LogP contribution in [0.15, 0.2) is 42.0 Å². The monoisotopic (exact) mass is 505 g/mol. The fourth-order valence-electron chi connectivity index (χ4n) is 4.83. The van der Waals surface area contributed by atoms with Crippen LogP contribution in [-0.4, -0.2) is 39.6 Å². The van der Waals surface area contributed by atoms with Crippen molar-refractivity contribution < 1.29 is 14.8 Å². The first-order valence-corrected chi connectivity index (χ1v) is 12.8. The highest BCUT2D eigenvalue weighted by Gasteiger charge is 2.34. The molecule has 3 rings (SSSR count). The second kappa shape index (κ2) is 10.5. The Labute approximate surface area is 219 Å². The minimum absolute atomic E-state index is 0.0270. The van der Waals surface area contributed by atoms with Gasteiger partial charge in [-0.15, -0.1) is 0 Å². The van der Waals surface area contributed by atoms with E-state index < -0.39 is 4.92 Å². The quantitative estimate of drug-likeness (QED) is 0.242. The SMILES string of the molecule is CCCC1CN(CC(=O)c2cc(C(C)(C)C)c(O)c(C(C)(C)C)c2)C(=N)/C1=C\c1ccc([N+](=O)[O-])cc1. The van der Waals surface area contributed by atoms with Gasteiger partial charge in [0.2, 0.25) is 0 Å². The van der Waals surface area contributed by atoms with Crippen molar-refractivity contribution in [2.75, 3.05) is 13.1 Å². The summed E-state index contributed by atoms with van der Waals surface area (Å²) >= 11 is 0. The molecule has 0 radical (unpaired) electrons. The highest BCUT2D eigenvalue weighted by atomic mass is 16.6. The number of nitro benzene ring substituents is 1. The summed E-state index contributed by atoms with van der Waals surface area (Å²) in [6, 6.07) is 9.89. The number of hydrogen-bond acceptors (Lipinski definition) is 5. The van der Waals surface area contributed by atoms with Gasteiger partial charge in [0.25, 0.3) is 5.69 Å². The van der Waals surface area contributed by atoms with Gasteiger partial charge in [0, 0.05) is 41.3 Å². The van der Waals surface area contributed by atoms with Crippen molar-refractivity contribution >= 4 is 23.4 Å². The molecule has 2 N–H and O–H groups in total. The van der Waals surface area contributed by atoms with Crippen molar-refractivity contribution in [2.45, 2.75) is 72.1 Å². The second-order valence-corrected chi connectivity index (χ2v) is 12.0. The van der Waals surface area contributed by atoms with Gasteiger partial charge >= 0.3 is 0 Å². The molecule has 2 aromatic rings. The van der Waals surface area contributed by atoms with Crippen molar-refractivity contribution in [2.24, 2.45) is 5.92 Å². The van der Waals surface area contributed by atoms with E-state index >= 15 is 0 Å². The standard InChI is InChI=1S/C30H39N3O4/c1-8-9-20-17-32(28(31)23(20)14-19-10-12-22(13-11-19)33(36)37)18-26(34)21-15-24(29(2,3)4)27(35)25(16-21)30(5,6)7/h10-16,20,31,35H,8-9,17-18H2,1-7H3/b23-14-,31-28?. The van der Waals surface area contributed by atoms with Crippen LogP contribution in [0.4, 0.5) is 5.69 Å². The van der Waals surface area contributed by atoms with Gasteiger partial charge in [0.1, 0.15) is 11.6 Å². The molecule has 1 aliphatic rings. The summed E-state index contributed by atoms with van der Waals surface area (Å²) < 4.78 is 0. The van der Waals surface area contributed by atoms with Gasteiger partial charge in [0.05, 0.1) is 11.5 Å². The van der Waals surface area contributed by atoms with E-state index in [1.54, 1.807) is 24.3 Å². The predicted octanol–water partition coefficient (Wildman–Crippen LogP) is 6.87. The van der Waals surface area contributed by atoms with E-state index in [1.807, 2.05) is 52.5 Å². The molecule has 1 unspecified atom stereocenters. The lowest BCUT2D eigenvalue weighted by Gasteiger charge is -2.28. The average molecular weight is 506 g/mol. The normalized spacial score (nSPS) is 17.5. The van der Waals surface area contributed by atoms with Gasteiger partial charge in [-0.3, -0.25) is 20.3 Å². The zero-order valence-electron chi connectivity index (χ0n) is 23.0. The topological polar surface area (TPSA) is 108 Å². The molecule has 1 atom stereocenters. The van der Waals surface area contributed by atoms with E-state index in [-0.39, 0.29) is 40.5 Å². The van der Waals surface area contributed by atoms with Crippen LogP contribution < -0.4 is 0 Å². The maximum atomic E-state index is 13.5. The number of hydrogen-bond donors (Lipinski definition) is 2. The fraction of sp³-hybridized carbons (Fsp3) is 0.467. The third-order valence-electron chi connectivity index (χ3n) is 6.92. The van der Waals surface area contributed by atoms with Crippen LogP contribution in [-0.2, 0) is 10.8 Å². The molecular formula is C30H39N3O4. The Morgan fingerprint density at radius 2 is 1.65 bits per heavy atom. The number of nitrogens with zero attached hydrogens (tertiary/aromatic N) is 2. The molecule has 0 aliphatic carbocycles. The van der Waals surface area contributed by atoms with E-state index in [1.165, 1.54) is 12.1 Å². The lowest BCUT2D eigenvalue weighted by molar-refractivity contribution is -0.384. The summed E-state index contributed by atoms with van der Waals surface area (Å²) in [7, 11) is 0. The number of phenols is 1. The molecule has 1 heterocycles. The molecule has 1 aliphatic heterocycles. The number of Topliss-reactive ketones (excluding diaryl/α,β-unsaturated/α-hetero) is 1. The van der Waals surface area contributed by atoms with Crippen molar-refractivity contribution in [3.63, 3.8) is 0 Å². The summed E-state index contributed by atoms with van der Waals surface area (Å²) in [6.45, 7) is 14.9. The van der Waals surface area contributed by atoms with Gasteiger partial charge in [-0.05, 0) is 58.7 Å². The van der Waals surface area contributed by atoms with Gasteiger partial charge in [-0.2, -0.15) is 0 Å². The predicted molar refractivity (Wildman–Crippen MR) is 149 cm³/mol. The zero-order valence-corrected chi connectivity index (χ0v) is 23.0. The molecular weight excluding hydrogens is 466 g/mol. The number of likely N-dealkylation sites (tertiary alicyclic amines) is 1. The summed E-state index contributed by atoms with van der Waals surface area (Å²) in [6.07, 6.45) is 3.74. The Bertz CT molecular complexity index is 1200. The molecule has 1 saturated heterocycles. The van der Waals surface area contributed by atoms with Crippen molar-refractivity contribution in [3.8, 4) is 5.75 Å². The molecule has 198 valence electrons. The van der Waals surface area contributed by atoms with E-state index in [0.717, 1.165) is 35.1 Å². The summed E-state index contributed by atoms with van der Waals surface area (Å²) in [4.78, 5) is 25.9. The number of nitrogens with one attached hydrogen (secondary N) is 1. The number of phenolic OH excluding ortho intramolecular Hbond substituents is 1. The first kappa shape index (κ1) is 28.1. The molecule has 1 fully saturated rings. The van der Waals surface area contributed by atoms with E-state index in [2.05, 4.69) is 6.92 Å². The summed E-state index contributed by atoms with van der Waals surface area (Å²) in [5, 5.41) is 30.9. The highest BCUT2D eigenvalue weighted by Crippen LogP contribution is 2.40. The van der Waals surface area contributed by atoms with Crippen LogP contribution in [0.5, 0.6) is 5.75 Å². The van der Waals surface area contributed by atoms with Gasteiger partial charge < -0.3 is 10.0 Å². The van der Waals surface area contributed by atoms with Crippen LogP contribution in [0.1, 0.15) is 88.4 Å². The average Bonchev–Trinajstić information content (AvgIpc) is 3.07. The number of amidine groups is 1. The van der Waals surface area contributed by atoms with Crippen LogP contribution in [0.3, 0.4) is 0 Å². The molecule has 0 aromatic heterocycles. The number of rotatable bonds is 7. The maximum absolute atomic E-state index is 13.5. The van der Waals surface area contributed by atoms with Crippen LogP contribution in [0, 0.1) is 21.4 Å². The lowest BCUT2D eigenvalue weighted by Crippen LogP contribution is -2.31. The zero-order chi connectivity index (χ0) is 27.7. The highest BCUT2D eigenvalue weighted by molar-refractivity contribution is 6.06. The molecule has 0 amide bonds. The molecule has 7 heteroatoms. The molecule has 37 heavy (non-hydrogen) atoms. The molecule has 0 saturated carbocycles. The number of nitro groups is 1. The van der Waals surface area contributed by atoms with Crippen molar-refractivity contribution in [3.05, 3.63) is 74.3 Å². The minimum atomic E-state index is -0.429. The van der Waals surface area contributed by atoms with Crippen LogP contribution >= 0.6 is 0 Å². The number of aromatic hydroxyl groups is 1. The number of non-ortho nitro benzene ring substituents is 1. The lowest BCUT2D eigenvalue weighted by atomic mass is 9.78. The number of benzene rings is 2. The van der Waals surface area contributed by atoms with E-state index in [9.17, 15) is 20.0 Å². The second-order valence-electron chi connectivity index (χ2n) is 12.0. The largest absolute Gasteiger partial charge is 0.507 e. The summed E-state index contributed by atoms with van der Waals surface area (Å²) in [5.41, 5.74) is 3.01. The Morgan fingerprint density at radius 3 is 2.11 bits per heavy atom. The number of ketones is 1.